The highest BCUT2D eigenvalue weighted by Crippen LogP contribution is 2.12. The summed E-state index contributed by atoms with van der Waals surface area (Å²) in [5.74, 6) is 0.381. The van der Waals surface area contributed by atoms with Crippen molar-refractivity contribution in [3.63, 3.8) is 0 Å². The summed E-state index contributed by atoms with van der Waals surface area (Å²) in [6.45, 7) is 0. The topological polar surface area (TPSA) is 63.6 Å². The molecule has 0 aliphatic heterocycles. The average Bonchev–Trinajstić information content (AvgIpc) is 2.62. The molecule has 4 nitrogen and oxygen atoms in total. The molecule has 0 saturated heterocycles. The van der Waals surface area contributed by atoms with Gasteiger partial charge in [-0.25, -0.2) is 9.98 Å². The summed E-state index contributed by atoms with van der Waals surface area (Å²) in [6, 6.07) is 24.9. The maximum absolute atomic E-state index is 6.05. The zero-order valence-electron chi connectivity index (χ0n) is 12.5. The van der Waals surface area contributed by atoms with Crippen LogP contribution in [0, 0.1) is 0 Å². The van der Waals surface area contributed by atoms with E-state index in [4.69, 9.17) is 5.73 Å². The summed E-state index contributed by atoms with van der Waals surface area (Å²) in [6.07, 6.45) is 1.72. The molecule has 0 saturated carbocycles. The Labute approximate surface area is 135 Å². The van der Waals surface area contributed by atoms with Crippen LogP contribution in [0.25, 0.3) is 0 Å². The van der Waals surface area contributed by atoms with Crippen LogP contribution in [0.2, 0.25) is 0 Å². The van der Waals surface area contributed by atoms with Crippen LogP contribution in [-0.2, 0) is 0 Å². The highest BCUT2D eigenvalue weighted by Gasteiger charge is 2.01. The molecule has 0 atom stereocenters. The molecule has 0 aliphatic rings. The van der Waals surface area contributed by atoms with E-state index < -0.39 is 0 Å². The fourth-order valence-corrected chi connectivity index (χ4v) is 2.02. The van der Waals surface area contributed by atoms with Gasteiger partial charge in [-0.2, -0.15) is 0 Å². The minimum atomic E-state index is 0.381. The monoisotopic (exact) mass is 300 g/mol. The summed E-state index contributed by atoms with van der Waals surface area (Å²) in [5, 5.41) is 0. The standard InChI is InChI=1S/C19H16N4/c20-19(23-16-10-5-2-6-11-16)18-13-7-12-17(22-18)14-21-15-8-3-1-4-9-15/h1-14H,(H2,20,23). The van der Waals surface area contributed by atoms with E-state index in [9.17, 15) is 0 Å². The van der Waals surface area contributed by atoms with Crippen LogP contribution in [0.5, 0.6) is 0 Å². The van der Waals surface area contributed by atoms with Gasteiger partial charge in [0.2, 0.25) is 0 Å². The van der Waals surface area contributed by atoms with Gasteiger partial charge in [-0.1, -0.05) is 42.5 Å². The van der Waals surface area contributed by atoms with Crippen LogP contribution in [0.15, 0.2) is 88.8 Å². The van der Waals surface area contributed by atoms with Crippen molar-refractivity contribution in [2.75, 3.05) is 0 Å². The van der Waals surface area contributed by atoms with E-state index in [-0.39, 0.29) is 0 Å². The van der Waals surface area contributed by atoms with Gasteiger partial charge in [-0.3, -0.25) is 4.99 Å². The number of hydrogen-bond donors (Lipinski definition) is 1. The number of aromatic nitrogens is 1. The molecular weight excluding hydrogens is 284 g/mol. The smallest absolute Gasteiger partial charge is 0.150 e. The Kier molecular flexibility index (Phi) is 4.55. The molecule has 0 radical (unpaired) electrons. The fourth-order valence-electron chi connectivity index (χ4n) is 2.02. The summed E-state index contributed by atoms with van der Waals surface area (Å²) >= 11 is 0. The van der Waals surface area contributed by atoms with E-state index in [0.29, 0.717) is 11.5 Å². The zero-order valence-corrected chi connectivity index (χ0v) is 12.5. The number of rotatable bonds is 4. The van der Waals surface area contributed by atoms with E-state index in [0.717, 1.165) is 17.1 Å². The lowest BCUT2D eigenvalue weighted by Gasteiger charge is -2.01. The lowest BCUT2D eigenvalue weighted by molar-refractivity contribution is 1.25. The number of amidine groups is 1. The molecule has 0 unspecified atom stereocenters. The Hall–Kier alpha value is -3.27. The summed E-state index contributed by atoms with van der Waals surface area (Å²) in [4.78, 5) is 13.2. The van der Waals surface area contributed by atoms with Gasteiger partial charge < -0.3 is 5.73 Å². The Morgan fingerprint density at radius 1 is 0.783 bits per heavy atom. The molecule has 3 aromatic rings. The summed E-state index contributed by atoms with van der Waals surface area (Å²) < 4.78 is 0. The normalized spacial score (nSPS) is 11.7. The largest absolute Gasteiger partial charge is 0.382 e. The first-order chi connectivity index (χ1) is 11.3. The molecule has 3 rings (SSSR count). The van der Waals surface area contributed by atoms with Gasteiger partial charge in [0.05, 0.1) is 23.3 Å². The molecule has 0 aliphatic carbocycles. The van der Waals surface area contributed by atoms with Crippen LogP contribution in [-0.4, -0.2) is 17.0 Å². The van der Waals surface area contributed by atoms with Crippen molar-refractivity contribution in [3.8, 4) is 0 Å². The van der Waals surface area contributed by atoms with Crippen molar-refractivity contribution in [3.05, 3.63) is 90.3 Å². The van der Waals surface area contributed by atoms with Crippen LogP contribution >= 0.6 is 0 Å². The number of aliphatic imine (C=N–C) groups is 2. The van der Waals surface area contributed by atoms with Gasteiger partial charge in [0.15, 0.2) is 0 Å². The Morgan fingerprint density at radius 3 is 2.13 bits per heavy atom. The fraction of sp³-hybridized carbons (Fsp3) is 0. The second-order valence-electron chi connectivity index (χ2n) is 4.87. The van der Waals surface area contributed by atoms with Crippen LogP contribution in [0.3, 0.4) is 0 Å². The predicted molar refractivity (Wildman–Crippen MR) is 94.8 cm³/mol. The van der Waals surface area contributed by atoms with Gasteiger partial charge in [0.1, 0.15) is 11.5 Å². The first-order valence-electron chi connectivity index (χ1n) is 7.27. The van der Waals surface area contributed by atoms with Gasteiger partial charge in [0, 0.05) is 0 Å². The highest BCUT2D eigenvalue weighted by molar-refractivity contribution is 5.98. The Balaban J connectivity index is 1.82. The second kappa shape index (κ2) is 7.13. The van der Waals surface area contributed by atoms with Crippen molar-refractivity contribution in [1.82, 2.24) is 4.98 Å². The minimum Gasteiger partial charge on any atom is -0.382 e. The molecule has 2 aromatic carbocycles. The maximum atomic E-state index is 6.05. The maximum Gasteiger partial charge on any atom is 0.150 e. The van der Waals surface area contributed by atoms with Gasteiger partial charge in [-0.15, -0.1) is 0 Å². The quantitative estimate of drug-likeness (QED) is 0.587. The Bertz CT molecular complexity index is 824. The molecule has 0 amide bonds. The molecule has 1 heterocycles. The SMILES string of the molecule is NC(=Nc1ccccc1)c1cccc(C=Nc2ccccc2)n1. The van der Waals surface area contributed by atoms with Crippen LogP contribution < -0.4 is 5.73 Å². The molecule has 0 bridgehead atoms. The first kappa shape index (κ1) is 14.7. The number of hydrogen-bond acceptors (Lipinski definition) is 3. The van der Waals surface area contributed by atoms with Gasteiger partial charge in [0.25, 0.3) is 0 Å². The number of para-hydroxylation sites is 2. The van der Waals surface area contributed by atoms with E-state index in [1.807, 2.05) is 78.9 Å². The molecular formula is C19H16N4. The molecule has 0 fully saturated rings. The van der Waals surface area contributed by atoms with Crippen molar-refractivity contribution in [2.45, 2.75) is 0 Å². The molecule has 0 spiro atoms. The highest BCUT2D eigenvalue weighted by atomic mass is 14.9. The number of benzene rings is 2. The average molecular weight is 300 g/mol. The minimum absolute atomic E-state index is 0.381. The molecule has 4 heteroatoms. The molecule has 23 heavy (non-hydrogen) atoms. The van der Waals surface area contributed by atoms with Gasteiger partial charge >= 0.3 is 0 Å². The van der Waals surface area contributed by atoms with Crippen LogP contribution in [0.1, 0.15) is 11.4 Å². The Morgan fingerprint density at radius 2 is 1.43 bits per heavy atom. The van der Waals surface area contributed by atoms with Gasteiger partial charge in [-0.05, 0) is 36.4 Å². The first-order valence-corrected chi connectivity index (χ1v) is 7.27. The van der Waals surface area contributed by atoms with Crippen molar-refractivity contribution >= 4 is 23.4 Å². The molecule has 1 aromatic heterocycles. The van der Waals surface area contributed by atoms with E-state index in [2.05, 4.69) is 15.0 Å². The summed E-state index contributed by atoms with van der Waals surface area (Å²) in [7, 11) is 0. The van der Waals surface area contributed by atoms with Crippen molar-refractivity contribution < 1.29 is 0 Å². The predicted octanol–water partition coefficient (Wildman–Crippen LogP) is 3.87. The molecule has 112 valence electrons. The number of nitrogens with two attached hydrogens (primary N) is 1. The second-order valence-corrected chi connectivity index (χ2v) is 4.87. The van der Waals surface area contributed by atoms with Crippen molar-refractivity contribution in [2.24, 2.45) is 15.7 Å². The van der Waals surface area contributed by atoms with Crippen molar-refractivity contribution in [1.29, 1.82) is 0 Å². The van der Waals surface area contributed by atoms with Crippen LogP contribution in [0.4, 0.5) is 11.4 Å². The third kappa shape index (κ3) is 4.11. The third-order valence-electron chi connectivity index (χ3n) is 3.14. The van der Waals surface area contributed by atoms with E-state index >= 15 is 0 Å². The third-order valence-corrected chi connectivity index (χ3v) is 3.14. The lowest BCUT2D eigenvalue weighted by atomic mass is 10.3. The van der Waals surface area contributed by atoms with E-state index in [1.54, 1.807) is 6.21 Å². The lowest BCUT2D eigenvalue weighted by Crippen LogP contribution is -2.15. The summed E-state index contributed by atoms with van der Waals surface area (Å²) in [5.41, 5.74) is 9.09. The number of nitrogens with zero attached hydrogens (tertiary/aromatic N) is 3. The zero-order chi connectivity index (χ0) is 15.9. The van der Waals surface area contributed by atoms with E-state index in [1.165, 1.54) is 0 Å². The molecule has 2 N–H and O–H groups in total. The number of pyridine rings is 1.